The van der Waals surface area contributed by atoms with Gasteiger partial charge in [-0.05, 0) is 30.6 Å². The number of nitrogens with one attached hydrogen (secondary N) is 1. The average Bonchev–Trinajstić information content (AvgIpc) is 2.82. The third-order valence-electron chi connectivity index (χ3n) is 5.56. The highest BCUT2D eigenvalue weighted by atomic mass is 28.4. The second-order valence-corrected chi connectivity index (χ2v) is 13.0. The van der Waals surface area contributed by atoms with E-state index >= 15 is 0 Å². The third-order valence-corrected chi connectivity index (χ3v) is 10.0. The standard InChI is InChI=1S/C17H31N3O4Si/c1-8-12-11(2)14(24-25(6,7)17(3,4)5)15(23-12)20-10-9-13(19-22)18-16(20)21/h9-12,14-15,22H,8H2,1-7H3,(H,18,19,21)/t11?,12-,14+,15-/m1/s1. The van der Waals surface area contributed by atoms with Crippen LogP contribution in [0.15, 0.2) is 17.1 Å². The summed E-state index contributed by atoms with van der Waals surface area (Å²) in [6.07, 6.45) is 1.75. The van der Waals surface area contributed by atoms with Crippen LogP contribution in [0.4, 0.5) is 5.82 Å². The molecule has 0 aliphatic carbocycles. The molecule has 0 aromatic carbocycles. The first-order valence-electron chi connectivity index (χ1n) is 8.84. The van der Waals surface area contributed by atoms with Gasteiger partial charge in [-0.1, -0.05) is 34.6 Å². The summed E-state index contributed by atoms with van der Waals surface area (Å²) in [5, 5.41) is 8.99. The first kappa shape index (κ1) is 20.1. The van der Waals surface area contributed by atoms with E-state index in [9.17, 15) is 4.79 Å². The van der Waals surface area contributed by atoms with Gasteiger partial charge >= 0.3 is 5.69 Å². The molecule has 2 rings (SSSR count). The molecular weight excluding hydrogens is 338 g/mol. The highest BCUT2D eigenvalue weighted by Gasteiger charge is 2.48. The van der Waals surface area contributed by atoms with E-state index in [2.05, 4.69) is 52.7 Å². The molecule has 0 radical (unpaired) electrons. The minimum Gasteiger partial charge on any atom is -0.409 e. The lowest BCUT2D eigenvalue weighted by molar-refractivity contribution is -0.0370. The van der Waals surface area contributed by atoms with Crippen molar-refractivity contribution in [2.45, 2.75) is 77.6 Å². The number of aromatic nitrogens is 2. The molecule has 1 aromatic rings. The molecule has 1 aromatic heterocycles. The minimum atomic E-state index is -2.03. The van der Waals surface area contributed by atoms with Crippen molar-refractivity contribution in [2.75, 3.05) is 5.48 Å². The number of rotatable bonds is 5. The smallest absolute Gasteiger partial charge is 0.351 e. The van der Waals surface area contributed by atoms with E-state index < -0.39 is 20.2 Å². The Morgan fingerprint density at radius 1 is 1.44 bits per heavy atom. The Hall–Kier alpha value is -1.22. The Morgan fingerprint density at radius 3 is 2.56 bits per heavy atom. The van der Waals surface area contributed by atoms with Crippen molar-refractivity contribution >= 4 is 14.1 Å². The van der Waals surface area contributed by atoms with Gasteiger partial charge in [0.25, 0.3) is 0 Å². The molecule has 4 atom stereocenters. The monoisotopic (exact) mass is 369 g/mol. The lowest BCUT2D eigenvalue weighted by Crippen LogP contribution is -2.47. The summed E-state index contributed by atoms with van der Waals surface area (Å²) in [5.74, 6) is 0.285. The fraction of sp³-hybridized carbons (Fsp3) is 0.765. The van der Waals surface area contributed by atoms with Gasteiger partial charge in [-0.2, -0.15) is 4.98 Å². The fourth-order valence-corrected chi connectivity index (χ4v) is 4.26. The topological polar surface area (TPSA) is 85.6 Å². The zero-order valence-corrected chi connectivity index (χ0v) is 17.2. The molecule has 2 N–H and O–H groups in total. The normalized spacial score (nSPS) is 27.5. The van der Waals surface area contributed by atoms with E-state index in [1.54, 1.807) is 6.20 Å². The van der Waals surface area contributed by atoms with Gasteiger partial charge in [-0.15, -0.1) is 0 Å². The lowest BCUT2D eigenvalue weighted by Gasteiger charge is -2.40. The van der Waals surface area contributed by atoms with Gasteiger partial charge in [0.15, 0.2) is 20.4 Å². The summed E-state index contributed by atoms with van der Waals surface area (Å²) in [4.78, 5) is 16.2. The van der Waals surface area contributed by atoms with E-state index in [1.165, 1.54) is 10.6 Å². The summed E-state index contributed by atoms with van der Waals surface area (Å²) >= 11 is 0. The van der Waals surface area contributed by atoms with Crippen LogP contribution in [0.1, 0.15) is 47.3 Å². The SMILES string of the molecule is CC[C@H]1O[C@@H](n2ccc(NO)nc2=O)[C@@H](O[Si](C)(C)C(C)(C)C)C1C. The van der Waals surface area contributed by atoms with E-state index in [0.717, 1.165) is 6.42 Å². The van der Waals surface area contributed by atoms with Crippen LogP contribution >= 0.6 is 0 Å². The molecule has 25 heavy (non-hydrogen) atoms. The Balaban J connectivity index is 2.39. The summed E-state index contributed by atoms with van der Waals surface area (Å²) < 4.78 is 14.3. The van der Waals surface area contributed by atoms with Crippen LogP contribution in [-0.4, -0.2) is 35.3 Å². The van der Waals surface area contributed by atoms with Gasteiger partial charge in [-0.25, -0.2) is 4.79 Å². The number of nitrogens with zero attached hydrogens (tertiary/aromatic N) is 2. The van der Waals surface area contributed by atoms with Gasteiger partial charge in [0.2, 0.25) is 0 Å². The zero-order chi connectivity index (χ0) is 19.0. The number of hydrogen-bond donors (Lipinski definition) is 2. The van der Waals surface area contributed by atoms with E-state index in [0.29, 0.717) is 0 Å². The average molecular weight is 370 g/mol. The molecule has 0 bridgehead atoms. The Morgan fingerprint density at radius 2 is 2.08 bits per heavy atom. The van der Waals surface area contributed by atoms with E-state index in [-0.39, 0.29) is 29.0 Å². The molecule has 7 nitrogen and oxygen atoms in total. The van der Waals surface area contributed by atoms with Crippen molar-refractivity contribution in [3.8, 4) is 0 Å². The number of ether oxygens (including phenoxy) is 1. The van der Waals surface area contributed by atoms with Crippen molar-refractivity contribution in [3.05, 3.63) is 22.7 Å². The maximum absolute atomic E-state index is 12.4. The van der Waals surface area contributed by atoms with Crippen molar-refractivity contribution < 1.29 is 14.4 Å². The Labute approximate surface area is 150 Å². The minimum absolute atomic E-state index is 0.0299. The zero-order valence-electron chi connectivity index (χ0n) is 16.2. The van der Waals surface area contributed by atoms with Crippen molar-refractivity contribution in [2.24, 2.45) is 5.92 Å². The first-order valence-corrected chi connectivity index (χ1v) is 11.7. The summed E-state index contributed by atoms with van der Waals surface area (Å²) in [7, 11) is -2.03. The maximum Gasteiger partial charge on any atom is 0.351 e. The van der Waals surface area contributed by atoms with Gasteiger partial charge in [0.1, 0.15) is 0 Å². The maximum atomic E-state index is 12.4. The molecule has 142 valence electrons. The van der Waals surface area contributed by atoms with E-state index in [1.807, 2.05) is 5.48 Å². The first-order chi connectivity index (χ1) is 11.5. The van der Waals surface area contributed by atoms with E-state index in [4.69, 9.17) is 14.4 Å². The molecule has 1 saturated heterocycles. The quantitative estimate of drug-likeness (QED) is 0.611. The second kappa shape index (κ2) is 7.18. The number of anilines is 1. The molecule has 0 spiro atoms. The van der Waals surface area contributed by atoms with Gasteiger partial charge in [0, 0.05) is 12.1 Å². The Bertz CT molecular complexity index is 656. The summed E-state index contributed by atoms with van der Waals surface area (Å²) in [6.45, 7) is 15.2. The predicted molar refractivity (Wildman–Crippen MR) is 99.3 cm³/mol. The highest BCUT2D eigenvalue weighted by molar-refractivity contribution is 6.74. The van der Waals surface area contributed by atoms with Crippen molar-refractivity contribution in [3.63, 3.8) is 0 Å². The lowest BCUT2D eigenvalue weighted by atomic mass is 9.99. The fourth-order valence-electron chi connectivity index (χ4n) is 2.89. The molecule has 1 unspecified atom stereocenters. The second-order valence-electron chi connectivity index (χ2n) is 8.29. The van der Waals surface area contributed by atoms with Gasteiger partial charge in [-0.3, -0.25) is 15.3 Å². The van der Waals surface area contributed by atoms with Crippen molar-refractivity contribution in [1.82, 2.24) is 9.55 Å². The largest absolute Gasteiger partial charge is 0.409 e. The van der Waals surface area contributed by atoms with Crippen LogP contribution < -0.4 is 11.2 Å². The molecule has 1 aliphatic rings. The molecule has 2 heterocycles. The molecular formula is C17H31N3O4Si. The van der Waals surface area contributed by atoms with Crippen LogP contribution in [0.2, 0.25) is 18.1 Å². The van der Waals surface area contributed by atoms with Crippen LogP contribution in [0, 0.1) is 5.92 Å². The van der Waals surface area contributed by atoms with Crippen LogP contribution in [0.3, 0.4) is 0 Å². The third kappa shape index (κ3) is 3.97. The molecule has 1 aliphatic heterocycles. The molecule has 0 saturated carbocycles. The molecule has 1 fully saturated rings. The summed E-state index contributed by atoms with van der Waals surface area (Å²) in [6, 6.07) is 1.54. The highest BCUT2D eigenvalue weighted by Crippen LogP contribution is 2.43. The Kier molecular flexibility index (Phi) is 5.77. The van der Waals surface area contributed by atoms with Gasteiger partial charge in [0.05, 0.1) is 12.2 Å². The van der Waals surface area contributed by atoms with Crippen LogP contribution in [0.25, 0.3) is 0 Å². The molecule has 8 heteroatoms. The summed E-state index contributed by atoms with van der Waals surface area (Å²) in [5.41, 5.74) is 1.42. The predicted octanol–water partition coefficient (Wildman–Crippen LogP) is 3.38. The van der Waals surface area contributed by atoms with Crippen LogP contribution in [-0.2, 0) is 9.16 Å². The van der Waals surface area contributed by atoms with Gasteiger partial charge < -0.3 is 9.16 Å². The van der Waals surface area contributed by atoms with Crippen molar-refractivity contribution in [1.29, 1.82) is 0 Å². The number of hydrogen-bond acceptors (Lipinski definition) is 6. The molecule has 0 amide bonds. The van der Waals surface area contributed by atoms with Crippen LogP contribution in [0.5, 0.6) is 0 Å².